The average Bonchev–Trinajstić information content (AvgIpc) is 2.76. The number of aryl methyl sites for hydroxylation is 1. The van der Waals surface area contributed by atoms with Crippen LogP contribution in [0.4, 0.5) is 0 Å². The Morgan fingerprint density at radius 2 is 2.00 bits per heavy atom. The van der Waals surface area contributed by atoms with Gasteiger partial charge in [-0.1, -0.05) is 12.8 Å². The minimum Gasteiger partial charge on any atom is -0.326 e. The van der Waals surface area contributed by atoms with Gasteiger partial charge in [-0.25, -0.2) is 4.98 Å². The molecule has 0 saturated heterocycles. The molecule has 0 atom stereocenters. The van der Waals surface area contributed by atoms with Crippen molar-refractivity contribution in [1.82, 2.24) is 9.55 Å². The van der Waals surface area contributed by atoms with Gasteiger partial charge in [-0.15, -0.1) is 6.42 Å². The zero-order valence-electron chi connectivity index (χ0n) is 9.04. The van der Waals surface area contributed by atoms with Crippen LogP contribution in [0.1, 0.15) is 12.6 Å². The van der Waals surface area contributed by atoms with Crippen LogP contribution in [0, 0.1) is 47.9 Å². The molecule has 0 fully saturated rings. The maximum atomic E-state index is 4.92. The van der Waals surface area contributed by atoms with Crippen LogP contribution in [0.2, 0.25) is 0 Å². The molecule has 0 bridgehead atoms. The molecule has 0 unspecified atom stereocenters. The first-order valence-electron chi connectivity index (χ1n) is 4.81. The fourth-order valence-corrected chi connectivity index (χ4v) is 0.980. The predicted octanol–water partition coefficient (Wildman–Crippen LogP) is 1.09. The average molecular weight is 206 g/mol. The van der Waals surface area contributed by atoms with Gasteiger partial charge in [0.1, 0.15) is 0 Å². The zero-order chi connectivity index (χ0) is 11.6. The minimum absolute atomic E-state index is 0.588. The van der Waals surface area contributed by atoms with E-state index in [4.69, 9.17) is 6.42 Å². The van der Waals surface area contributed by atoms with Crippen LogP contribution in [0.5, 0.6) is 0 Å². The first-order valence-corrected chi connectivity index (χ1v) is 4.81. The molecule has 2 heteroatoms. The summed E-state index contributed by atoms with van der Waals surface area (Å²) < 4.78 is 1.92. The Kier molecular flexibility index (Phi) is 4.93. The molecule has 1 heterocycles. The van der Waals surface area contributed by atoms with Gasteiger partial charge in [0.15, 0.2) is 0 Å². The van der Waals surface area contributed by atoms with Gasteiger partial charge in [0.2, 0.25) is 0 Å². The molecule has 0 spiro atoms. The van der Waals surface area contributed by atoms with E-state index in [1.807, 2.05) is 10.8 Å². The Morgan fingerprint density at radius 1 is 1.25 bits per heavy atom. The van der Waals surface area contributed by atoms with Crippen molar-refractivity contribution in [2.75, 3.05) is 0 Å². The van der Waals surface area contributed by atoms with E-state index in [0.29, 0.717) is 6.54 Å². The summed E-state index contributed by atoms with van der Waals surface area (Å²) in [7, 11) is 0. The molecule has 1 aromatic rings. The molecular weight excluding hydrogens is 196 g/mol. The molecule has 1 rings (SSSR count). The van der Waals surface area contributed by atoms with Crippen molar-refractivity contribution >= 4 is 0 Å². The van der Waals surface area contributed by atoms with E-state index < -0.39 is 0 Å². The summed E-state index contributed by atoms with van der Waals surface area (Å²) >= 11 is 0. The Bertz CT molecular complexity index is 566. The molecule has 0 aliphatic heterocycles. The lowest BCUT2D eigenvalue weighted by atomic mass is 10.4. The summed E-state index contributed by atoms with van der Waals surface area (Å²) in [6.45, 7) is 2.65. The van der Waals surface area contributed by atoms with Gasteiger partial charge in [0.25, 0.3) is 0 Å². The Labute approximate surface area is 96.1 Å². The molecule has 0 aliphatic rings. The zero-order valence-corrected chi connectivity index (χ0v) is 9.04. The van der Waals surface area contributed by atoms with Crippen LogP contribution >= 0.6 is 0 Å². The third-order valence-corrected chi connectivity index (χ3v) is 1.72. The molecule has 2 nitrogen and oxygen atoms in total. The monoisotopic (exact) mass is 206 g/mol. The summed E-state index contributed by atoms with van der Waals surface area (Å²) in [5.41, 5.74) is 1.06. The number of rotatable bonds is 2. The van der Waals surface area contributed by atoms with E-state index in [-0.39, 0.29) is 0 Å². The van der Waals surface area contributed by atoms with Gasteiger partial charge in [0, 0.05) is 6.20 Å². The van der Waals surface area contributed by atoms with E-state index in [1.165, 1.54) is 0 Å². The maximum Gasteiger partial charge on any atom is 0.0957 e. The number of terminal acetylenes is 1. The molecule has 0 amide bonds. The molecule has 1 aromatic heterocycles. The van der Waals surface area contributed by atoms with Crippen LogP contribution in [-0.4, -0.2) is 9.55 Å². The van der Waals surface area contributed by atoms with Gasteiger partial charge < -0.3 is 4.57 Å². The lowest BCUT2D eigenvalue weighted by molar-refractivity contribution is 0.838. The van der Waals surface area contributed by atoms with Crippen molar-refractivity contribution in [3.05, 3.63) is 18.2 Å². The van der Waals surface area contributed by atoms with Crippen LogP contribution in [0.15, 0.2) is 12.5 Å². The van der Waals surface area contributed by atoms with E-state index in [1.54, 1.807) is 6.33 Å². The Morgan fingerprint density at radius 3 is 2.69 bits per heavy atom. The van der Waals surface area contributed by atoms with Crippen molar-refractivity contribution in [3.63, 3.8) is 0 Å². The van der Waals surface area contributed by atoms with Gasteiger partial charge in [-0.2, -0.15) is 0 Å². The molecule has 16 heavy (non-hydrogen) atoms. The Balaban J connectivity index is 2.48. The number of nitrogens with zero attached hydrogens (tertiary/aromatic N) is 2. The summed E-state index contributed by atoms with van der Waals surface area (Å²) in [5.74, 6) is 17.8. The molecule has 76 valence electrons. The first kappa shape index (κ1) is 11.5. The van der Waals surface area contributed by atoms with Crippen molar-refractivity contribution < 1.29 is 0 Å². The van der Waals surface area contributed by atoms with Crippen LogP contribution in [-0.2, 0) is 13.0 Å². The molecule has 0 radical (unpaired) electrons. The lowest BCUT2D eigenvalue weighted by Crippen LogP contribution is -1.90. The Hall–Kier alpha value is -2.55. The molecule has 0 saturated carbocycles. The quantitative estimate of drug-likeness (QED) is 0.662. The molecular formula is C14H10N2. The van der Waals surface area contributed by atoms with E-state index in [2.05, 4.69) is 53.4 Å². The molecule has 0 N–H and O–H groups in total. The second-order valence-corrected chi connectivity index (χ2v) is 2.84. The highest BCUT2D eigenvalue weighted by atomic mass is 15.0. The van der Waals surface area contributed by atoms with E-state index in [0.717, 1.165) is 12.1 Å². The minimum atomic E-state index is 0.588. The summed E-state index contributed by atoms with van der Waals surface area (Å²) in [4.78, 5) is 4.19. The first-order chi connectivity index (χ1) is 7.86. The van der Waals surface area contributed by atoms with Gasteiger partial charge in [0.05, 0.1) is 18.6 Å². The van der Waals surface area contributed by atoms with Gasteiger partial charge in [-0.3, -0.25) is 0 Å². The number of hydrogen-bond donors (Lipinski definition) is 0. The number of imidazole rings is 1. The van der Waals surface area contributed by atoms with Crippen molar-refractivity contribution in [1.29, 1.82) is 0 Å². The maximum absolute atomic E-state index is 4.92. The van der Waals surface area contributed by atoms with Crippen molar-refractivity contribution in [2.24, 2.45) is 0 Å². The number of hydrogen-bond acceptors (Lipinski definition) is 1. The third-order valence-electron chi connectivity index (χ3n) is 1.72. The third kappa shape index (κ3) is 4.11. The second-order valence-electron chi connectivity index (χ2n) is 2.84. The van der Waals surface area contributed by atoms with Crippen LogP contribution in [0.25, 0.3) is 0 Å². The highest BCUT2D eigenvalue weighted by Crippen LogP contribution is 1.95. The highest BCUT2D eigenvalue weighted by Gasteiger charge is 1.92. The lowest BCUT2D eigenvalue weighted by Gasteiger charge is -1.89. The molecule has 0 aromatic carbocycles. The van der Waals surface area contributed by atoms with Crippen LogP contribution < -0.4 is 0 Å². The SMILES string of the molecule is C#CC#CC#CC#CCn1cnc(CC)c1. The number of aromatic nitrogens is 2. The summed E-state index contributed by atoms with van der Waals surface area (Å²) in [5, 5.41) is 0. The molecule has 0 aliphatic carbocycles. The standard InChI is InChI=1S/C14H10N2/c1-3-5-6-7-8-9-10-11-16-12-14(4-2)15-13-16/h1,12-13H,4,11H2,2H3. The van der Waals surface area contributed by atoms with E-state index in [9.17, 15) is 0 Å². The second kappa shape index (κ2) is 6.84. The van der Waals surface area contributed by atoms with Crippen molar-refractivity contribution in [3.8, 4) is 47.9 Å². The predicted molar refractivity (Wildman–Crippen MR) is 63.8 cm³/mol. The van der Waals surface area contributed by atoms with E-state index >= 15 is 0 Å². The topological polar surface area (TPSA) is 17.8 Å². The highest BCUT2D eigenvalue weighted by molar-refractivity contribution is 5.39. The largest absolute Gasteiger partial charge is 0.326 e. The summed E-state index contributed by atoms with van der Waals surface area (Å²) in [6, 6.07) is 0. The summed E-state index contributed by atoms with van der Waals surface area (Å²) in [6.07, 6.45) is 9.59. The van der Waals surface area contributed by atoms with Crippen molar-refractivity contribution in [2.45, 2.75) is 19.9 Å². The van der Waals surface area contributed by atoms with Gasteiger partial charge >= 0.3 is 0 Å². The van der Waals surface area contributed by atoms with Crippen LogP contribution in [0.3, 0.4) is 0 Å². The normalized spacial score (nSPS) is 7.25. The fraction of sp³-hybridized carbons (Fsp3) is 0.214. The van der Waals surface area contributed by atoms with Gasteiger partial charge in [-0.05, 0) is 41.9 Å². The smallest absolute Gasteiger partial charge is 0.0957 e. The fourth-order valence-electron chi connectivity index (χ4n) is 0.980.